The molecule has 1 fully saturated rings. The smallest absolute Gasteiger partial charge is 0.327 e. The number of ether oxygens (including phenoxy) is 1. The first-order valence-corrected chi connectivity index (χ1v) is 6.80. The van der Waals surface area contributed by atoms with Crippen LogP contribution in [0.3, 0.4) is 0 Å². The number of nitrogens with one attached hydrogen (secondary N) is 3. The fraction of sp³-hybridized carbons (Fsp3) is 0.357. The summed E-state index contributed by atoms with van der Waals surface area (Å²) in [5.74, 6) is -1.31. The zero-order valence-electron chi connectivity index (χ0n) is 11.3. The maximum absolute atomic E-state index is 11.9. The maximum Gasteiger partial charge on any atom is 0.327 e. The molecule has 3 N–H and O–H groups in total. The Morgan fingerprint density at radius 1 is 1.10 bits per heavy atom. The van der Waals surface area contributed by atoms with Crippen LogP contribution in [-0.2, 0) is 16.0 Å². The summed E-state index contributed by atoms with van der Waals surface area (Å²) in [5.41, 5.74) is 5.69. The molecular formula is C14H15N3O4. The van der Waals surface area contributed by atoms with Gasteiger partial charge in [0, 0.05) is 18.0 Å². The van der Waals surface area contributed by atoms with Crippen LogP contribution in [0, 0.1) is 0 Å². The molecule has 0 atom stereocenters. The van der Waals surface area contributed by atoms with E-state index in [-0.39, 0.29) is 6.04 Å². The molecule has 0 radical (unpaired) electrons. The second kappa shape index (κ2) is 5.43. The molecule has 7 heteroatoms. The summed E-state index contributed by atoms with van der Waals surface area (Å²) in [7, 11) is 0. The first kappa shape index (κ1) is 13.4. The second-order valence-corrected chi connectivity index (χ2v) is 5.08. The van der Waals surface area contributed by atoms with E-state index in [9.17, 15) is 14.4 Å². The van der Waals surface area contributed by atoms with Crippen molar-refractivity contribution in [1.82, 2.24) is 16.2 Å². The van der Waals surface area contributed by atoms with E-state index < -0.39 is 17.7 Å². The van der Waals surface area contributed by atoms with Crippen LogP contribution in [0.25, 0.3) is 0 Å². The highest BCUT2D eigenvalue weighted by Crippen LogP contribution is 2.25. The van der Waals surface area contributed by atoms with Gasteiger partial charge in [-0.05, 0) is 36.6 Å². The van der Waals surface area contributed by atoms with E-state index in [0.717, 1.165) is 30.6 Å². The van der Waals surface area contributed by atoms with E-state index >= 15 is 0 Å². The third-order valence-corrected chi connectivity index (χ3v) is 3.36. The Bertz CT molecular complexity index is 610. The Labute approximate surface area is 121 Å². The van der Waals surface area contributed by atoms with Crippen molar-refractivity contribution in [3.63, 3.8) is 0 Å². The molecule has 1 saturated carbocycles. The number of carbonyl (C=O) groups excluding carboxylic acids is 3. The summed E-state index contributed by atoms with van der Waals surface area (Å²) in [5, 5.41) is 2.53. The minimum Gasteiger partial charge on any atom is -0.493 e. The number of hydrazine groups is 1. The highest BCUT2D eigenvalue weighted by molar-refractivity contribution is 6.35. The third-order valence-electron chi connectivity index (χ3n) is 3.36. The van der Waals surface area contributed by atoms with Crippen LogP contribution in [0.4, 0.5) is 0 Å². The number of hydrogen-bond acceptors (Lipinski definition) is 4. The fourth-order valence-electron chi connectivity index (χ4n) is 2.05. The summed E-state index contributed by atoms with van der Waals surface area (Å²) in [6.45, 7) is 0.610. The lowest BCUT2D eigenvalue weighted by atomic mass is 10.1. The minimum absolute atomic E-state index is 0.0932. The molecule has 0 bridgehead atoms. The monoisotopic (exact) mass is 289 g/mol. The van der Waals surface area contributed by atoms with Crippen LogP contribution in [-0.4, -0.2) is 30.4 Å². The fourth-order valence-corrected chi connectivity index (χ4v) is 2.05. The first-order valence-electron chi connectivity index (χ1n) is 6.80. The zero-order valence-corrected chi connectivity index (χ0v) is 11.3. The lowest BCUT2D eigenvalue weighted by Gasteiger charge is -2.08. The minimum atomic E-state index is -0.875. The van der Waals surface area contributed by atoms with Crippen molar-refractivity contribution >= 4 is 17.7 Å². The number of fused-ring (bicyclic) bond motifs is 1. The van der Waals surface area contributed by atoms with Gasteiger partial charge in [0.25, 0.3) is 5.91 Å². The number of carbonyl (C=O) groups is 3. The molecule has 1 aliphatic heterocycles. The lowest BCUT2D eigenvalue weighted by Crippen LogP contribution is -2.49. The van der Waals surface area contributed by atoms with E-state index in [1.807, 2.05) is 0 Å². The van der Waals surface area contributed by atoms with Crippen molar-refractivity contribution in [1.29, 1.82) is 0 Å². The molecule has 3 rings (SSSR count). The molecule has 0 aromatic heterocycles. The molecule has 2 aliphatic rings. The predicted molar refractivity (Wildman–Crippen MR) is 72.4 cm³/mol. The quantitative estimate of drug-likeness (QED) is 0.512. The van der Waals surface area contributed by atoms with Gasteiger partial charge in [-0.1, -0.05) is 0 Å². The van der Waals surface area contributed by atoms with Gasteiger partial charge in [0.05, 0.1) is 6.61 Å². The van der Waals surface area contributed by atoms with Crippen LogP contribution >= 0.6 is 0 Å². The van der Waals surface area contributed by atoms with Crippen molar-refractivity contribution in [2.45, 2.75) is 25.3 Å². The lowest BCUT2D eigenvalue weighted by molar-refractivity contribution is -0.139. The average Bonchev–Trinajstić information content (AvgIpc) is 3.17. The first-order chi connectivity index (χ1) is 10.1. The highest BCUT2D eigenvalue weighted by atomic mass is 16.5. The Kier molecular flexibility index (Phi) is 3.47. The summed E-state index contributed by atoms with van der Waals surface area (Å²) < 4.78 is 5.35. The SMILES string of the molecule is O=C(NNC(=O)c1ccc2c(c1)CCO2)C(=O)NC1CC1. The van der Waals surface area contributed by atoms with E-state index in [4.69, 9.17) is 4.74 Å². The van der Waals surface area contributed by atoms with E-state index in [1.54, 1.807) is 18.2 Å². The van der Waals surface area contributed by atoms with E-state index in [2.05, 4.69) is 16.2 Å². The van der Waals surface area contributed by atoms with Crippen LogP contribution in [0.2, 0.25) is 0 Å². The molecule has 110 valence electrons. The number of rotatable bonds is 2. The van der Waals surface area contributed by atoms with Gasteiger partial charge < -0.3 is 10.1 Å². The van der Waals surface area contributed by atoms with Crippen molar-refractivity contribution in [3.05, 3.63) is 29.3 Å². The molecular weight excluding hydrogens is 274 g/mol. The second-order valence-electron chi connectivity index (χ2n) is 5.08. The van der Waals surface area contributed by atoms with Crippen LogP contribution in [0.5, 0.6) is 5.75 Å². The molecule has 7 nitrogen and oxygen atoms in total. The number of amides is 3. The molecule has 0 unspecified atom stereocenters. The molecule has 1 aromatic carbocycles. The maximum atomic E-state index is 11.9. The van der Waals surface area contributed by atoms with E-state index in [0.29, 0.717) is 12.2 Å². The van der Waals surface area contributed by atoms with Crippen molar-refractivity contribution in [3.8, 4) is 5.75 Å². The van der Waals surface area contributed by atoms with Gasteiger partial charge in [-0.15, -0.1) is 0 Å². The standard InChI is InChI=1S/C14H15N3O4/c18-12(9-1-4-11-8(7-9)5-6-21-11)16-17-14(20)13(19)15-10-2-3-10/h1,4,7,10H,2-3,5-6H2,(H,15,19)(H,16,18)(H,17,20). The van der Waals surface area contributed by atoms with Gasteiger partial charge in [0.15, 0.2) is 0 Å². The molecule has 0 saturated heterocycles. The van der Waals surface area contributed by atoms with Crippen LogP contribution in [0.15, 0.2) is 18.2 Å². The van der Waals surface area contributed by atoms with Crippen molar-refractivity contribution in [2.75, 3.05) is 6.61 Å². The summed E-state index contributed by atoms with van der Waals surface area (Å²) >= 11 is 0. The predicted octanol–water partition coefficient (Wildman–Crippen LogP) is -0.339. The topological polar surface area (TPSA) is 96.5 Å². The normalized spacial score (nSPS) is 15.6. The molecule has 1 heterocycles. The molecule has 21 heavy (non-hydrogen) atoms. The summed E-state index contributed by atoms with van der Waals surface area (Å²) in [6.07, 6.45) is 2.54. The van der Waals surface area contributed by atoms with Gasteiger partial charge in [-0.3, -0.25) is 25.2 Å². The van der Waals surface area contributed by atoms with Gasteiger partial charge in [0.2, 0.25) is 0 Å². The number of hydrogen-bond donors (Lipinski definition) is 3. The zero-order chi connectivity index (χ0) is 14.8. The Balaban J connectivity index is 1.53. The average molecular weight is 289 g/mol. The largest absolute Gasteiger partial charge is 0.493 e. The molecule has 3 amide bonds. The Morgan fingerprint density at radius 3 is 2.67 bits per heavy atom. The van der Waals surface area contributed by atoms with Gasteiger partial charge >= 0.3 is 11.8 Å². The van der Waals surface area contributed by atoms with Crippen LogP contribution in [0.1, 0.15) is 28.8 Å². The van der Waals surface area contributed by atoms with E-state index in [1.165, 1.54) is 0 Å². The van der Waals surface area contributed by atoms with Gasteiger partial charge in [0.1, 0.15) is 5.75 Å². The highest BCUT2D eigenvalue weighted by Gasteiger charge is 2.26. The molecule has 1 aliphatic carbocycles. The van der Waals surface area contributed by atoms with Crippen LogP contribution < -0.4 is 20.9 Å². The Hall–Kier alpha value is -2.57. The van der Waals surface area contributed by atoms with Crippen molar-refractivity contribution < 1.29 is 19.1 Å². The Morgan fingerprint density at radius 2 is 1.90 bits per heavy atom. The summed E-state index contributed by atoms with van der Waals surface area (Å²) in [6, 6.07) is 5.14. The summed E-state index contributed by atoms with van der Waals surface area (Å²) in [4.78, 5) is 34.8. The van der Waals surface area contributed by atoms with Gasteiger partial charge in [-0.25, -0.2) is 0 Å². The molecule has 0 spiro atoms. The van der Waals surface area contributed by atoms with Crippen molar-refractivity contribution in [2.24, 2.45) is 0 Å². The van der Waals surface area contributed by atoms with Gasteiger partial charge in [-0.2, -0.15) is 0 Å². The third kappa shape index (κ3) is 3.13. The molecule has 1 aromatic rings. The number of benzene rings is 1.